The summed E-state index contributed by atoms with van der Waals surface area (Å²) >= 11 is 8.80. The van der Waals surface area contributed by atoms with Gasteiger partial charge in [-0.05, 0) is 76.3 Å². The second-order valence-corrected chi connectivity index (χ2v) is 7.96. The second kappa shape index (κ2) is 8.32. The molecule has 0 saturated carbocycles. The molecule has 2 aromatic carbocycles. The van der Waals surface area contributed by atoms with Gasteiger partial charge in [0.15, 0.2) is 6.61 Å². The maximum atomic E-state index is 12.6. The van der Waals surface area contributed by atoms with Gasteiger partial charge < -0.3 is 9.84 Å². The number of halogens is 2. The van der Waals surface area contributed by atoms with Crippen LogP contribution in [0.4, 0.5) is 10.5 Å². The molecule has 1 saturated heterocycles. The van der Waals surface area contributed by atoms with Crippen LogP contribution in [0.15, 0.2) is 47.4 Å². The van der Waals surface area contributed by atoms with Gasteiger partial charge in [0.2, 0.25) is 0 Å². The van der Waals surface area contributed by atoms with E-state index < -0.39 is 23.7 Å². The molecule has 6 nitrogen and oxygen atoms in total. The van der Waals surface area contributed by atoms with Crippen LogP contribution in [0, 0.1) is 3.57 Å². The second-order valence-electron chi connectivity index (χ2n) is 5.37. The Hall–Kier alpha value is -2.04. The maximum Gasteiger partial charge on any atom is 0.341 e. The Morgan fingerprint density at radius 2 is 2.04 bits per heavy atom. The number of anilines is 1. The monoisotopic (exact) mass is 515 g/mol. The van der Waals surface area contributed by atoms with Crippen molar-refractivity contribution in [3.05, 3.63) is 61.5 Å². The van der Waals surface area contributed by atoms with E-state index in [1.165, 1.54) is 0 Å². The lowest BCUT2D eigenvalue weighted by Gasteiger charge is -2.12. The van der Waals surface area contributed by atoms with Gasteiger partial charge in [-0.25, -0.2) is 9.69 Å². The van der Waals surface area contributed by atoms with Crippen molar-refractivity contribution in [3.63, 3.8) is 0 Å². The summed E-state index contributed by atoms with van der Waals surface area (Å²) < 4.78 is 5.86. The highest BCUT2D eigenvalue weighted by molar-refractivity contribution is 14.1. The number of carboxylic acid groups (broad SMARTS) is 1. The average Bonchev–Trinajstić information content (AvgIpc) is 2.87. The van der Waals surface area contributed by atoms with E-state index in [-0.39, 0.29) is 4.91 Å². The smallest absolute Gasteiger partial charge is 0.341 e. The van der Waals surface area contributed by atoms with Crippen LogP contribution < -0.4 is 9.64 Å². The minimum atomic E-state index is -1.07. The molecule has 0 atom stereocenters. The average molecular weight is 516 g/mol. The number of hydrogen-bond donors (Lipinski definition) is 1. The molecule has 1 heterocycles. The van der Waals surface area contributed by atoms with Gasteiger partial charge >= 0.3 is 5.97 Å². The van der Waals surface area contributed by atoms with Crippen LogP contribution in [0.25, 0.3) is 6.08 Å². The Balaban J connectivity index is 1.83. The maximum absolute atomic E-state index is 12.6. The van der Waals surface area contributed by atoms with Gasteiger partial charge in [0, 0.05) is 5.02 Å². The van der Waals surface area contributed by atoms with Gasteiger partial charge in [-0.2, -0.15) is 0 Å². The minimum Gasteiger partial charge on any atom is -0.481 e. The number of aliphatic carboxylic acids is 1. The van der Waals surface area contributed by atoms with Crippen molar-refractivity contribution in [1.29, 1.82) is 0 Å². The predicted molar refractivity (Wildman–Crippen MR) is 112 cm³/mol. The highest BCUT2D eigenvalue weighted by atomic mass is 127. The Labute approximate surface area is 177 Å². The molecule has 1 aliphatic rings. The van der Waals surface area contributed by atoms with Gasteiger partial charge in [0.05, 0.1) is 14.2 Å². The van der Waals surface area contributed by atoms with Gasteiger partial charge in [0.25, 0.3) is 11.1 Å². The van der Waals surface area contributed by atoms with Crippen LogP contribution in [-0.4, -0.2) is 28.8 Å². The SMILES string of the molecule is O=C(O)COc1ccc(/C=C2/SC(=O)N(c3cccc(Cl)c3)C2=O)cc1I. The van der Waals surface area contributed by atoms with Crippen LogP contribution in [-0.2, 0) is 9.59 Å². The number of thioether (sulfide) groups is 1. The zero-order valence-electron chi connectivity index (χ0n) is 13.5. The van der Waals surface area contributed by atoms with E-state index in [0.717, 1.165) is 16.7 Å². The third-order valence-corrected chi connectivity index (χ3v) is 5.41. The van der Waals surface area contributed by atoms with Crippen molar-refractivity contribution >= 4 is 74.8 Å². The molecule has 9 heteroatoms. The Morgan fingerprint density at radius 3 is 2.70 bits per heavy atom. The molecule has 0 spiro atoms. The van der Waals surface area contributed by atoms with Crippen LogP contribution in [0.1, 0.15) is 5.56 Å². The highest BCUT2D eigenvalue weighted by Crippen LogP contribution is 2.36. The number of imide groups is 1. The number of amides is 2. The number of carbonyl (C=O) groups excluding carboxylic acids is 2. The van der Waals surface area contributed by atoms with Crippen LogP contribution in [0.5, 0.6) is 5.75 Å². The number of rotatable bonds is 5. The molecule has 3 rings (SSSR count). The van der Waals surface area contributed by atoms with E-state index in [0.29, 0.717) is 25.6 Å². The third kappa shape index (κ3) is 4.63. The molecule has 1 N–H and O–H groups in total. The van der Waals surface area contributed by atoms with Crippen LogP contribution in [0.3, 0.4) is 0 Å². The Morgan fingerprint density at radius 1 is 1.26 bits per heavy atom. The summed E-state index contributed by atoms with van der Waals surface area (Å²) in [4.78, 5) is 36.9. The van der Waals surface area contributed by atoms with Gasteiger partial charge in [-0.3, -0.25) is 9.59 Å². The van der Waals surface area contributed by atoms with Crippen molar-refractivity contribution in [2.45, 2.75) is 0 Å². The molecule has 0 aromatic heterocycles. The van der Waals surface area contributed by atoms with Gasteiger partial charge in [-0.1, -0.05) is 23.7 Å². The molecule has 2 aromatic rings. The van der Waals surface area contributed by atoms with E-state index in [4.69, 9.17) is 21.4 Å². The molecule has 0 unspecified atom stereocenters. The molecular formula is C18H11ClINO5S. The van der Waals surface area contributed by atoms with Crippen molar-refractivity contribution < 1.29 is 24.2 Å². The topological polar surface area (TPSA) is 83.9 Å². The summed E-state index contributed by atoms with van der Waals surface area (Å²) in [7, 11) is 0. The molecule has 138 valence electrons. The quantitative estimate of drug-likeness (QED) is 0.461. The Bertz CT molecular complexity index is 978. The van der Waals surface area contributed by atoms with Crippen molar-refractivity contribution in [1.82, 2.24) is 0 Å². The molecule has 27 heavy (non-hydrogen) atoms. The van der Waals surface area contributed by atoms with Crippen LogP contribution in [0.2, 0.25) is 5.02 Å². The Kier molecular flexibility index (Phi) is 6.08. The summed E-state index contributed by atoms with van der Waals surface area (Å²) in [5.74, 6) is -1.06. The van der Waals surface area contributed by atoms with E-state index >= 15 is 0 Å². The first kappa shape index (κ1) is 19.7. The number of hydrogen-bond acceptors (Lipinski definition) is 5. The fraction of sp³-hybridized carbons (Fsp3) is 0.0556. The van der Waals surface area contributed by atoms with E-state index in [1.807, 2.05) is 22.6 Å². The van der Waals surface area contributed by atoms with Crippen LogP contribution >= 0.6 is 46.0 Å². The third-order valence-electron chi connectivity index (χ3n) is 3.46. The lowest BCUT2D eigenvalue weighted by atomic mass is 10.2. The molecule has 1 fully saturated rings. The van der Waals surface area contributed by atoms with E-state index in [2.05, 4.69) is 0 Å². The zero-order chi connectivity index (χ0) is 19.6. The standard InChI is InChI=1S/C18H11ClINO5S/c19-11-2-1-3-12(8-11)21-17(24)15(27-18(21)25)7-10-4-5-14(13(20)6-10)26-9-16(22)23/h1-8H,9H2,(H,22,23)/b15-7+. The summed E-state index contributed by atoms with van der Waals surface area (Å²) in [6.07, 6.45) is 1.61. The number of carbonyl (C=O) groups is 3. The molecule has 1 aliphatic heterocycles. The van der Waals surface area contributed by atoms with Crippen molar-refractivity contribution in [2.75, 3.05) is 11.5 Å². The summed E-state index contributed by atoms with van der Waals surface area (Å²) in [5.41, 5.74) is 1.11. The summed E-state index contributed by atoms with van der Waals surface area (Å²) in [5, 5.41) is 8.71. The lowest BCUT2D eigenvalue weighted by Crippen LogP contribution is -2.27. The number of nitrogens with zero attached hydrogens (tertiary/aromatic N) is 1. The number of carboxylic acids is 1. The van der Waals surface area contributed by atoms with Gasteiger partial charge in [-0.15, -0.1) is 0 Å². The molecule has 0 aliphatic carbocycles. The first-order chi connectivity index (χ1) is 12.8. The van der Waals surface area contributed by atoms with Crippen molar-refractivity contribution in [2.24, 2.45) is 0 Å². The molecular weight excluding hydrogens is 505 g/mol. The first-order valence-corrected chi connectivity index (χ1v) is 9.80. The normalized spacial score (nSPS) is 15.5. The largest absolute Gasteiger partial charge is 0.481 e. The first-order valence-electron chi connectivity index (χ1n) is 7.53. The fourth-order valence-electron chi connectivity index (χ4n) is 2.32. The van der Waals surface area contributed by atoms with E-state index in [1.54, 1.807) is 48.5 Å². The zero-order valence-corrected chi connectivity index (χ0v) is 17.2. The lowest BCUT2D eigenvalue weighted by molar-refractivity contribution is -0.139. The number of ether oxygens (including phenoxy) is 1. The van der Waals surface area contributed by atoms with E-state index in [9.17, 15) is 14.4 Å². The summed E-state index contributed by atoms with van der Waals surface area (Å²) in [6, 6.07) is 11.6. The van der Waals surface area contributed by atoms with Gasteiger partial charge in [0.1, 0.15) is 5.75 Å². The minimum absolute atomic E-state index is 0.287. The number of benzene rings is 2. The predicted octanol–water partition coefficient (Wildman–Crippen LogP) is 4.65. The molecule has 0 radical (unpaired) electrons. The molecule has 0 bridgehead atoms. The van der Waals surface area contributed by atoms with Crippen molar-refractivity contribution in [3.8, 4) is 5.75 Å². The highest BCUT2D eigenvalue weighted by Gasteiger charge is 2.36. The molecule has 2 amide bonds. The fourth-order valence-corrected chi connectivity index (χ4v) is 4.04. The summed E-state index contributed by atoms with van der Waals surface area (Å²) in [6.45, 7) is -0.437.